The van der Waals surface area contributed by atoms with Crippen molar-refractivity contribution in [2.75, 3.05) is 6.73 Å². The van der Waals surface area contributed by atoms with E-state index in [1.807, 2.05) is 0 Å². The lowest BCUT2D eigenvalue weighted by molar-refractivity contribution is -0.139. The fourth-order valence-corrected chi connectivity index (χ4v) is 3.20. The van der Waals surface area contributed by atoms with Crippen LogP contribution in [0.4, 0.5) is 0 Å². The molecule has 0 saturated carbocycles. The summed E-state index contributed by atoms with van der Waals surface area (Å²) < 4.78 is 55.1. The number of ether oxygens (including phenoxy) is 1. The maximum Gasteiger partial charge on any atom is 0.261 e. The molecule has 1 amide bonds. The molecule has 0 unspecified atom stereocenters. The first-order valence-electron chi connectivity index (χ1n) is 10.5. The molecule has 2 aromatic carbocycles. The zero-order valence-corrected chi connectivity index (χ0v) is 14.9. The Balaban J connectivity index is 2.32. The van der Waals surface area contributed by atoms with Crippen molar-refractivity contribution in [3.63, 3.8) is 0 Å². The van der Waals surface area contributed by atoms with Gasteiger partial charge in [-0.1, -0.05) is 53.5 Å². The van der Waals surface area contributed by atoms with Crippen molar-refractivity contribution in [1.82, 2.24) is 4.90 Å². The highest BCUT2D eigenvalue weighted by Crippen LogP contribution is 2.37. The van der Waals surface area contributed by atoms with Gasteiger partial charge in [0.25, 0.3) is 5.91 Å². The molecular formula is C20H19Cl2NO2. The van der Waals surface area contributed by atoms with Gasteiger partial charge in [0.05, 0.1) is 11.1 Å². The highest BCUT2D eigenvalue weighted by molar-refractivity contribution is 6.34. The largest absolute Gasteiger partial charge is 0.477 e. The quantitative estimate of drug-likeness (QED) is 0.704. The number of amides is 1. The van der Waals surface area contributed by atoms with E-state index in [1.165, 1.54) is 18.2 Å². The van der Waals surface area contributed by atoms with Crippen LogP contribution in [0.3, 0.4) is 0 Å². The normalized spacial score (nSPS) is 20.0. The summed E-state index contributed by atoms with van der Waals surface area (Å²) in [4.78, 5) is 14.4. The third kappa shape index (κ3) is 3.39. The lowest BCUT2D eigenvalue weighted by Gasteiger charge is -2.42. The molecule has 25 heavy (non-hydrogen) atoms. The molecule has 3 nitrogen and oxygen atoms in total. The summed E-state index contributed by atoms with van der Waals surface area (Å²) in [6.07, 6.45) is 0. The van der Waals surface area contributed by atoms with Gasteiger partial charge in [-0.15, -0.1) is 0 Å². The molecular weight excluding hydrogens is 357 g/mol. The van der Waals surface area contributed by atoms with Gasteiger partial charge in [-0.2, -0.15) is 0 Å². The van der Waals surface area contributed by atoms with E-state index >= 15 is 0 Å². The second-order valence-corrected chi connectivity index (χ2v) is 6.55. The highest BCUT2D eigenvalue weighted by atomic mass is 35.5. The molecule has 0 N–H and O–H groups in total. The van der Waals surface area contributed by atoms with Crippen molar-refractivity contribution in [3.8, 4) is 0 Å². The Kier molecular flexibility index (Phi) is 3.13. The maximum atomic E-state index is 13.6. The summed E-state index contributed by atoms with van der Waals surface area (Å²) in [5.41, 5.74) is -2.43. The smallest absolute Gasteiger partial charge is 0.261 e. The first kappa shape index (κ1) is 11.6. The first-order chi connectivity index (χ1) is 14.3. The van der Waals surface area contributed by atoms with Gasteiger partial charge in [0, 0.05) is 18.3 Å². The molecule has 1 aliphatic rings. The van der Waals surface area contributed by atoms with Crippen LogP contribution >= 0.6 is 23.2 Å². The number of rotatable bonds is 3. The Bertz CT molecular complexity index is 1000. The third-order valence-electron chi connectivity index (χ3n) is 3.97. The SMILES string of the molecule is [2H]C([2H])([2H])C(c1cc(Cl)cc(Cl)c1)(N1COC(C)=C(c2ccccc2)C1=O)C([2H])([2H])[2H]. The number of carbonyl (C=O) groups excluding carboxylic acids is 1. The first-order valence-corrected chi connectivity index (χ1v) is 8.24. The van der Waals surface area contributed by atoms with Crippen LogP contribution in [-0.4, -0.2) is 17.5 Å². The summed E-state index contributed by atoms with van der Waals surface area (Å²) in [5, 5.41) is 0.0847. The van der Waals surface area contributed by atoms with E-state index < -0.39 is 31.9 Å². The molecule has 0 spiro atoms. The third-order valence-corrected chi connectivity index (χ3v) is 4.41. The second-order valence-electron chi connectivity index (χ2n) is 5.67. The summed E-state index contributed by atoms with van der Waals surface area (Å²) >= 11 is 12.2. The minimum atomic E-state index is -3.18. The van der Waals surface area contributed by atoms with Crippen LogP contribution in [-0.2, 0) is 15.1 Å². The van der Waals surface area contributed by atoms with Gasteiger partial charge < -0.3 is 4.74 Å². The van der Waals surface area contributed by atoms with Crippen molar-refractivity contribution in [3.05, 3.63) is 75.5 Å². The van der Waals surface area contributed by atoms with E-state index in [0.29, 0.717) is 5.56 Å². The topological polar surface area (TPSA) is 29.5 Å². The molecule has 0 fully saturated rings. The van der Waals surface area contributed by atoms with E-state index in [2.05, 4.69) is 0 Å². The summed E-state index contributed by atoms with van der Waals surface area (Å²) in [6, 6.07) is 12.2. The molecule has 3 rings (SSSR count). The van der Waals surface area contributed by atoms with Crippen LogP contribution < -0.4 is 0 Å². The van der Waals surface area contributed by atoms with Crippen LogP contribution in [0.15, 0.2) is 54.3 Å². The molecule has 0 saturated heterocycles. The Labute approximate surface area is 166 Å². The molecule has 0 atom stereocenters. The Hall–Kier alpha value is -1.97. The standard InChI is InChI=1S/C20H19Cl2NO2/c1-13-18(14-7-5-4-6-8-14)19(24)23(12-25-13)20(2,3)15-9-16(21)11-17(22)10-15/h4-11H,12H2,1-3H3/i2D3,3D3. The molecule has 5 heteroatoms. The summed E-state index contributed by atoms with van der Waals surface area (Å²) in [5.74, 6) is -0.514. The summed E-state index contributed by atoms with van der Waals surface area (Å²) in [7, 11) is 0. The van der Waals surface area contributed by atoms with Crippen molar-refractivity contribution >= 4 is 34.7 Å². The number of nitrogens with zero attached hydrogens (tertiary/aromatic N) is 1. The number of halogens is 2. The van der Waals surface area contributed by atoms with Crippen LogP contribution in [0.1, 0.15) is 40.0 Å². The maximum absolute atomic E-state index is 13.6. The van der Waals surface area contributed by atoms with Crippen molar-refractivity contribution in [2.24, 2.45) is 0 Å². The van der Waals surface area contributed by atoms with E-state index in [0.717, 1.165) is 4.90 Å². The second kappa shape index (κ2) is 6.74. The monoisotopic (exact) mass is 381 g/mol. The van der Waals surface area contributed by atoms with Gasteiger partial charge in [0.2, 0.25) is 0 Å². The molecule has 0 aliphatic carbocycles. The van der Waals surface area contributed by atoms with Crippen molar-refractivity contribution in [1.29, 1.82) is 0 Å². The van der Waals surface area contributed by atoms with Gasteiger partial charge in [-0.25, -0.2) is 0 Å². The minimum absolute atomic E-state index is 0.0424. The lowest BCUT2D eigenvalue weighted by atomic mass is 9.90. The fraction of sp³-hybridized carbons (Fsp3) is 0.250. The molecule has 130 valence electrons. The zero-order valence-electron chi connectivity index (χ0n) is 19.3. The van der Waals surface area contributed by atoms with E-state index in [-0.39, 0.29) is 26.9 Å². The van der Waals surface area contributed by atoms with Gasteiger partial charge in [0.1, 0.15) is 5.76 Å². The number of carbonyl (C=O) groups is 1. The van der Waals surface area contributed by atoms with Crippen LogP contribution in [0, 0.1) is 0 Å². The molecule has 0 radical (unpaired) electrons. The summed E-state index contributed by atoms with van der Waals surface area (Å²) in [6.45, 7) is -5.36. The average Bonchev–Trinajstić information content (AvgIpc) is 2.62. The molecule has 1 heterocycles. The van der Waals surface area contributed by atoms with Gasteiger partial charge >= 0.3 is 0 Å². The zero-order chi connectivity index (χ0) is 23.2. The van der Waals surface area contributed by atoms with Gasteiger partial charge in [-0.3, -0.25) is 9.69 Å². The average molecular weight is 382 g/mol. The molecule has 1 aliphatic heterocycles. The number of benzene rings is 2. The number of allylic oxidation sites excluding steroid dienone is 1. The van der Waals surface area contributed by atoms with Crippen LogP contribution in [0.5, 0.6) is 0 Å². The Morgan fingerprint density at radius 2 is 1.76 bits per heavy atom. The van der Waals surface area contributed by atoms with E-state index in [1.54, 1.807) is 37.3 Å². The molecule has 2 aromatic rings. The molecule has 0 bridgehead atoms. The van der Waals surface area contributed by atoms with E-state index in [4.69, 9.17) is 36.2 Å². The highest BCUT2D eigenvalue weighted by Gasteiger charge is 2.38. The van der Waals surface area contributed by atoms with Gasteiger partial charge in [-0.05, 0) is 50.0 Å². The van der Waals surface area contributed by atoms with Crippen molar-refractivity contribution < 1.29 is 17.8 Å². The van der Waals surface area contributed by atoms with E-state index in [9.17, 15) is 4.79 Å². The lowest BCUT2D eigenvalue weighted by Crippen LogP contribution is -2.49. The number of hydrogen-bond acceptors (Lipinski definition) is 2. The molecule has 0 aromatic heterocycles. The fourth-order valence-electron chi connectivity index (χ4n) is 2.68. The Morgan fingerprint density at radius 1 is 1.12 bits per heavy atom. The number of hydrogen-bond donors (Lipinski definition) is 0. The van der Waals surface area contributed by atoms with Gasteiger partial charge in [0.15, 0.2) is 6.73 Å². The van der Waals surface area contributed by atoms with Crippen molar-refractivity contribution in [2.45, 2.75) is 26.2 Å². The minimum Gasteiger partial charge on any atom is -0.477 e. The Morgan fingerprint density at radius 3 is 2.36 bits per heavy atom. The predicted molar refractivity (Wildman–Crippen MR) is 101 cm³/mol. The van der Waals surface area contributed by atoms with Crippen LogP contribution in [0.2, 0.25) is 10.0 Å². The predicted octanol–water partition coefficient (Wildman–Crippen LogP) is 5.48. The van der Waals surface area contributed by atoms with Crippen LogP contribution in [0.25, 0.3) is 5.57 Å².